The van der Waals surface area contributed by atoms with Gasteiger partial charge in [-0.15, -0.1) is 0 Å². The molecule has 94 valence electrons. The highest BCUT2D eigenvalue weighted by molar-refractivity contribution is 6.21. The predicted octanol–water partition coefficient (Wildman–Crippen LogP) is 2.86. The fourth-order valence-electron chi connectivity index (χ4n) is 3.19. The Hall–Kier alpha value is -1.64. The largest absolute Gasteiger partial charge is 0.271 e. The summed E-state index contributed by atoms with van der Waals surface area (Å²) in [5.41, 5.74) is 1.14. The van der Waals surface area contributed by atoms with Gasteiger partial charge < -0.3 is 0 Å². The SMILES string of the molecule is CCC1CCC(N2C(=O)c3ccccc3C2=O)C1. The Kier molecular flexibility index (Phi) is 2.69. The summed E-state index contributed by atoms with van der Waals surface area (Å²) in [6.07, 6.45) is 4.21. The van der Waals surface area contributed by atoms with E-state index >= 15 is 0 Å². The molecule has 1 fully saturated rings. The molecule has 2 amide bonds. The maximum absolute atomic E-state index is 12.3. The molecule has 0 radical (unpaired) electrons. The molecule has 2 unspecified atom stereocenters. The van der Waals surface area contributed by atoms with E-state index in [9.17, 15) is 9.59 Å². The van der Waals surface area contributed by atoms with Crippen LogP contribution in [0.2, 0.25) is 0 Å². The van der Waals surface area contributed by atoms with Crippen molar-refractivity contribution in [2.24, 2.45) is 5.92 Å². The highest BCUT2D eigenvalue weighted by atomic mass is 16.2. The van der Waals surface area contributed by atoms with Crippen LogP contribution >= 0.6 is 0 Å². The second kappa shape index (κ2) is 4.23. The lowest BCUT2D eigenvalue weighted by atomic mass is 10.1. The van der Waals surface area contributed by atoms with Gasteiger partial charge in [0, 0.05) is 6.04 Å². The molecule has 1 aromatic carbocycles. The van der Waals surface area contributed by atoms with Crippen molar-refractivity contribution in [3.05, 3.63) is 35.4 Å². The fourth-order valence-corrected chi connectivity index (χ4v) is 3.19. The van der Waals surface area contributed by atoms with E-state index in [-0.39, 0.29) is 17.9 Å². The Balaban J connectivity index is 1.89. The van der Waals surface area contributed by atoms with Crippen molar-refractivity contribution in [1.82, 2.24) is 4.90 Å². The number of fused-ring (bicyclic) bond motifs is 1. The first-order valence-electron chi connectivity index (χ1n) is 6.69. The van der Waals surface area contributed by atoms with E-state index < -0.39 is 0 Å². The normalized spacial score (nSPS) is 26.8. The lowest BCUT2D eigenvalue weighted by Gasteiger charge is -2.21. The lowest BCUT2D eigenvalue weighted by molar-refractivity contribution is 0.0584. The number of carbonyl (C=O) groups excluding carboxylic acids is 2. The van der Waals surface area contributed by atoms with Crippen molar-refractivity contribution in [3.8, 4) is 0 Å². The van der Waals surface area contributed by atoms with E-state index in [0.29, 0.717) is 17.0 Å². The minimum atomic E-state index is -0.0997. The van der Waals surface area contributed by atoms with E-state index in [1.165, 1.54) is 4.90 Å². The molecule has 1 aliphatic carbocycles. The predicted molar refractivity (Wildman–Crippen MR) is 68.4 cm³/mol. The van der Waals surface area contributed by atoms with Crippen LogP contribution < -0.4 is 0 Å². The van der Waals surface area contributed by atoms with Gasteiger partial charge >= 0.3 is 0 Å². The molecule has 0 aromatic heterocycles. The van der Waals surface area contributed by atoms with Gasteiger partial charge in [0.15, 0.2) is 0 Å². The van der Waals surface area contributed by atoms with Crippen molar-refractivity contribution in [2.75, 3.05) is 0 Å². The number of hydrogen-bond acceptors (Lipinski definition) is 2. The van der Waals surface area contributed by atoms with Crippen LogP contribution in [-0.2, 0) is 0 Å². The zero-order chi connectivity index (χ0) is 12.7. The van der Waals surface area contributed by atoms with Crippen molar-refractivity contribution in [2.45, 2.75) is 38.6 Å². The average Bonchev–Trinajstić information content (AvgIpc) is 2.95. The maximum Gasteiger partial charge on any atom is 0.261 e. The average molecular weight is 243 g/mol. The number of benzene rings is 1. The van der Waals surface area contributed by atoms with Gasteiger partial charge in [0.25, 0.3) is 11.8 Å². The Bertz CT molecular complexity index is 474. The van der Waals surface area contributed by atoms with Gasteiger partial charge in [-0.05, 0) is 37.3 Å². The molecule has 3 nitrogen and oxygen atoms in total. The molecule has 1 heterocycles. The van der Waals surface area contributed by atoms with E-state index in [1.54, 1.807) is 12.1 Å². The first-order chi connectivity index (χ1) is 8.72. The standard InChI is InChI=1S/C15H17NO2/c1-2-10-7-8-11(9-10)16-14(17)12-5-3-4-6-13(12)15(16)18/h3-6,10-11H,2,7-9H2,1H3. The summed E-state index contributed by atoms with van der Waals surface area (Å²) in [4.78, 5) is 26.1. The number of carbonyl (C=O) groups is 2. The van der Waals surface area contributed by atoms with Gasteiger partial charge in [0.1, 0.15) is 0 Å². The Morgan fingerprint density at radius 2 is 1.72 bits per heavy atom. The number of imide groups is 1. The van der Waals surface area contributed by atoms with Crippen LogP contribution in [0.1, 0.15) is 53.3 Å². The highest BCUT2D eigenvalue weighted by Crippen LogP contribution is 2.35. The van der Waals surface area contributed by atoms with Gasteiger partial charge in [-0.1, -0.05) is 25.5 Å². The number of amides is 2. The Morgan fingerprint density at radius 3 is 2.22 bits per heavy atom. The van der Waals surface area contributed by atoms with Gasteiger partial charge in [-0.3, -0.25) is 14.5 Å². The monoisotopic (exact) mass is 243 g/mol. The molecule has 0 saturated heterocycles. The van der Waals surface area contributed by atoms with Gasteiger partial charge in [-0.25, -0.2) is 0 Å². The molecule has 0 bridgehead atoms. The van der Waals surface area contributed by atoms with Crippen molar-refractivity contribution in [3.63, 3.8) is 0 Å². The van der Waals surface area contributed by atoms with Gasteiger partial charge in [0.2, 0.25) is 0 Å². The van der Waals surface area contributed by atoms with Crippen LogP contribution in [0.3, 0.4) is 0 Å². The van der Waals surface area contributed by atoms with Crippen LogP contribution in [0.15, 0.2) is 24.3 Å². The Labute approximate surface area is 107 Å². The second-order valence-corrected chi connectivity index (χ2v) is 5.27. The van der Waals surface area contributed by atoms with E-state index in [2.05, 4.69) is 6.92 Å². The summed E-state index contributed by atoms with van der Waals surface area (Å²) < 4.78 is 0. The zero-order valence-corrected chi connectivity index (χ0v) is 10.6. The number of hydrogen-bond donors (Lipinski definition) is 0. The molecule has 0 spiro atoms. The molecule has 3 rings (SSSR count). The summed E-state index contributed by atoms with van der Waals surface area (Å²) in [5.74, 6) is 0.467. The molecule has 1 saturated carbocycles. The minimum Gasteiger partial charge on any atom is -0.271 e. The van der Waals surface area contributed by atoms with Crippen molar-refractivity contribution in [1.29, 1.82) is 0 Å². The molecule has 18 heavy (non-hydrogen) atoms. The third-order valence-corrected chi connectivity index (χ3v) is 4.28. The van der Waals surface area contributed by atoms with Crippen LogP contribution in [-0.4, -0.2) is 22.8 Å². The molecular formula is C15H17NO2. The second-order valence-electron chi connectivity index (χ2n) is 5.27. The topological polar surface area (TPSA) is 37.4 Å². The molecule has 2 atom stereocenters. The summed E-state index contributed by atoms with van der Waals surface area (Å²) >= 11 is 0. The molecule has 1 aromatic rings. The van der Waals surface area contributed by atoms with Crippen LogP contribution in [0.25, 0.3) is 0 Å². The highest BCUT2D eigenvalue weighted by Gasteiger charge is 2.41. The smallest absolute Gasteiger partial charge is 0.261 e. The molecule has 1 aliphatic heterocycles. The fraction of sp³-hybridized carbons (Fsp3) is 0.467. The van der Waals surface area contributed by atoms with E-state index in [1.807, 2.05) is 12.1 Å². The van der Waals surface area contributed by atoms with Crippen LogP contribution in [0.4, 0.5) is 0 Å². The quantitative estimate of drug-likeness (QED) is 0.749. The molecule has 3 heteroatoms. The van der Waals surface area contributed by atoms with Gasteiger partial charge in [-0.2, -0.15) is 0 Å². The summed E-state index contributed by atoms with van der Waals surface area (Å²) in [7, 11) is 0. The van der Waals surface area contributed by atoms with Crippen molar-refractivity contribution >= 4 is 11.8 Å². The third-order valence-electron chi connectivity index (χ3n) is 4.28. The Morgan fingerprint density at radius 1 is 1.11 bits per heavy atom. The summed E-state index contributed by atoms with van der Waals surface area (Å²) in [5, 5.41) is 0. The van der Waals surface area contributed by atoms with Gasteiger partial charge in [0.05, 0.1) is 11.1 Å². The van der Waals surface area contributed by atoms with Crippen LogP contribution in [0, 0.1) is 5.92 Å². The third kappa shape index (κ3) is 1.57. The summed E-state index contributed by atoms with van der Waals surface area (Å²) in [6.45, 7) is 2.18. The first kappa shape index (κ1) is 11.5. The molecule has 2 aliphatic rings. The molecule has 0 N–H and O–H groups in total. The van der Waals surface area contributed by atoms with Crippen molar-refractivity contribution < 1.29 is 9.59 Å². The van der Waals surface area contributed by atoms with Crippen LogP contribution in [0.5, 0.6) is 0 Å². The van der Waals surface area contributed by atoms with E-state index in [0.717, 1.165) is 25.7 Å². The van der Waals surface area contributed by atoms with E-state index in [4.69, 9.17) is 0 Å². The first-order valence-corrected chi connectivity index (χ1v) is 6.69. The maximum atomic E-state index is 12.3. The zero-order valence-electron chi connectivity index (χ0n) is 10.6. The minimum absolute atomic E-state index is 0.0997. The number of rotatable bonds is 2. The lowest BCUT2D eigenvalue weighted by Crippen LogP contribution is -2.38. The summed E-state index contributed by atoms with van der Waals surface area (Å²) in [6, 6.07) is 7.25. The number of nitrogens with zero attached hydrogens (tertiary/aromatic N) is 1. The molecular weight excluding hydrogens is 226 g/mol.